The Hall–Kier alpha value is -1.64. The zero-order valence-electron chi connectivity index (χ0n) is 10.4. The third-order valence-electron chi connectivity index (χ3n) is 2.43. The number of carbonyl (C=O) groups is 1. The molecule has 118 valence electrons. The molecule has 0 radical (unpaired) electrons. The lowest BCUT2D eigenvalue weighted by molar-refractivity contribution is -0.325. The summed E-state index contributed by atoms with van der Waals surface area (Å²) in [5.74, 6) is -1.82. The zero-order chi connectivity index (χ0) is 16.4. The molecule has 0 saturated heterocycles. The van der Waals surface area contributed by atoms with Gasteiger partial charge in [0.2, 0.25) is 6.10 Å². The van der Waals surface area contributed by atoms with E-state index in [1.165, 1.54) is 0 Å². The number of halogens is 7. The van der Waals surface area contributed by atoms with Crippen molar-refractivity contribution in [3.63, 3.8) is 0 Å². The number of alkyl halides is 6. The molecule has 0 fully saturated rings. The van der Waals surface area contributed by atoms with Gasteiger partial charge in [0.15, 0.2) is 5.78 Å². The second-order valence-corrected chi connectivity index (χ2v) is 4.11. The fourth-order valence-electron chi connectivity index (χ4n) is 1.45. The summed E-state index contributed by atoms with van der Waals surface area (Å²) < 4.78 is 90.2. The molecule has 1 rings (SSSR count). The van der Waals surface area contributed by atoms with Crippen molar-refractivity contribution in [3.8, 4) is 0 Å². The number of ketones is 1. The first-order valence-corrected chi connectivity index (χ1v) is 5.51. The van der Waals surface area contributed by atoms with Crippen LogP contribution < -0.4 is 0 Å². The molecule has 1 aromatic rings. The van der Waals surface area contributed by atoms with Crippen molar-refractivity contribution in [1.29, 1.82) is 0 Å². The number of carbonyl (C=O) groups excluding carboxylic acids is 1. The molecule has 0 saturated carbocycles. The van der Waals surface area contributed by atoms with Crippen LogP contribution in [0.3, 0.4) is 0 Å². The molecule has 1 aromatic carbocycles. The van der Waals surface area contributed by atoms with Crippen molar-refractivity contribution in [2.24, 2.45) is 0 Å². The average molecular weight is 318 g/mol. The molecule has 0 aliphatic rings. The molecule has 1 unspecified atom stereocenters. The summed E-state index contributed by atoms with van der Waals surface area (Å²) >= 11 is 0. The third kappa shape index (κ3) is 4.69. The molecule has 0 aliphatic heterocycles. The molecule has 0 amide bonds. The van der Waals surface area contributed by atoms with Crippen LogP contribution in [0, 0.1) is 5.82 Å². The highest BCUT2D eigenvalue weighted by atomic mass is 19.4. The highest BCUT2D eigenvalue weighted by Crippen LogP contribution is 2.36. The first-order valence-electron chi connectivity index (χ1n) is 5.51. The summed E-state index contributed by atoms with van der Waals surface area (Å²) in [6, 6.07) is 3.58. The summed E-state index contributed by atoms with van der Waals surface area (Å²) in [5, 5.41) is 0. The molecule has 0 aromatic heterocycles. The molecule has 1 atom stereocenters. The quantitative estimate of drug-likeness (QED) is 0.621. The smallest absolute Gasteiger partial charge is 0.350 e. The Morgan fingerprint density at radius 2 is 1.43 bits per heavy atom. The highest BCUT2D eigenvalue weighted by molar-refractivity contribution is 5.99. The number of rotatable bonds is 4. The van der Waals surface area contributed by atoms with Crippen LogP contribution in [0.15, 0.2) is 24.3 Å². The molecule has 0 bridgehead atoms. The standard InChI is InChI=1S/C12H9F7O2/c1-6(9(20)7-2-4-8(13)5-3-7)21-10(11(14,15)16)12(17,18)19/h2-6,10H,1H3. The van der Waals surface area contributed by atoms with E-state index in [2.05, 4.69) is 4.74 Å². The second-order valence-electron chi connectivity index (χ2n) is 4.11. The number of benzene rings is 1. The van der Waals surface area contributed by atoms with Gasteiger partial charge in [-0.2, -0.15) is 26.3 Å². The molecule has 0 heterocycles. The minimum atomic E-state index is -5.70. The van der Waals surface area contributed by atoms with Crippen molar-refractivity contribution in [2.75, 3.05) is 0 Å². The van der Waals surface area contributed by atoms with Crippen LogP contribution in [-0.2, 0) is 4.74 Å². The highest BCUT2D eigenvalue weighted by Gasteiger charge is 2.58. The van der Waals surface area contributed by atoms with Gasteiger partial charge < -0.3 is 4.74 Å². The molecular weight excluding hydrogens is 309 g/mol. The molecular formula is C12H9F7O2. The second kappa shape index (κ2) is 6.00. The molecule has 0 aliphatic carbocycles. The van der Waals surface area contributed by atoms with Crippen molar-refractivity contribution in [2.45, 2.75) is 31.5 Å². The van der Waals surface area contributed by atoms with Crippen LogP contribution in [0.25, 0.3) is 0 Å². The van der Waals surface area contributed by atoms with E-state index in [1.807, 2.05) is 0 Å². The maximum atomic E-state index is 12.6. The molecule has 21 heavy (non-hydrogen) atoms. The van der Waals surface area contributed by atoms with Gasteiger partial charge in [-0.1, -0.05) is 0 Å². The lowest BCUT2D eigenvalue weighted by Gasteiger charge is -2.25. The minimum absolute atomic E-state index is 0.257. The Balaban J connectivity index is 2.90. The monoisotopic (exact) mass is 318 g/mol. The summed E-state index contributed by atoms with van der Waals surface area (Å²) in [5.41, 5.74) is -0.257. The summed E-state index contributed by atoms with van der Waals surface area (Å²) in [7, 11) is 0. The molecule has 0 spiro atoms. The molecule has 9 heteroatoms. The van der Waals surface area contributed by atoms with Crippen molar-refractivity contribution in [1.82, 2.24) is 0 Å². The van der Waals surface area contributed by atoms with E-state index in [1.54, 1.807) is 0 Å². The number of ether oxygens (including phenoxy) is 1. The SMILES string of the molecule is CC(OC(C(F)(F)F)C(F)(F)F)C(=O)c1ccc(F)cc1. The Bertz CT molecular complexity index is 476. The zero-order valence-corrected chi connectivity index (χ0v) is 10.4. The van der Waals surface area contributed by atoms with Crippen LogP contribution in [0.1, 0.15) is 17.3 Å². The van der Waals surface area contributed by atoms with Crippen LogP contribution in [0.5, 0.6) is 0 Å². The van der Waals surface area contributed by atoms with Gasteiger partial charge >= 0.3 is 12.4 Å². The van der Waals surface area contributed by atoms with Gasteiger partial charge in [-0.3, -0.25) is 4.79 Å². The van der Waals surface area contributed by atoms with Gasteiger partial charge in [0.1, 0.15) is 11.9 Å². The Morgan fingerprint density at radius 1 is 1.00 bits per heavy atom. The van der Waals surface area contributed by atoms with E-state index >= 15 is 0 Å². The first kappa shape index (κ1) is 17.4. The van der Waals surface area contributed by atoms with Gasteiger partial charge in [-0.25, -0.2) is 4.39 Å². The van der Waals surface area contributed by atoms with Crippen molar-refractivity contribution >= 4 is 5.78 Å². The van der Waals surface area contributed by atoms with Crippen LogP contribution in [0.2, 0.25) is 0 Å². The van der Waals surface area contributed by atoms with E-state index in [4.69, 9.17) is 0 Å². The maximum absolute atomic E-state index is 12.6. The van der Waals surface area contributed by atoms with E-state index in [9.17, 15) is 35.5 Å². The molecule has 2 nitrogen and oxygen atoms in total. The van der Waals surface area contributed by atoms with Crippen LogP contribution in [0.4, 0.5) is 30.7 Å². The fourth-order valence-corrected chi connectivity index (χ4v) is 1.45. The van der Waals surface area contributed by atoms with E-state index < -0.39 is 36.2 Å². The van der Waals surface area contributed by atoms with Gasteiger partial charge in [0.25, 0.3) is 0 Å². The lowest BCUT2D eigenvalue weighted by Crippen LogP contribution is -2.47. The number of hydrogen-bond acceptors (Lipinski definition) is 2. The number of Topliss-reactive ketones (excluding diaryl/α,β-unsaturated/α-hetero) is 1. The average Bonchev–Trinajstić information content (AvgIpc) is 2.33. The normalized spacial score (nSPS) is 14.3. The summed E-state index contributed by atoms with van der Waals surface area (Å²) in [6.45, 7) is 0.760. The minimum Gasteiger partial charge on any atom is -0.350 e. The van der Waals surface area contributed by atoms with Gasteiger partial charge in [0.05, 0.1) is 0 Å². The largest absolute Gasteiger partial charge is 0.423 e. The van der Waals surface area contributed by atoms with Crippen molar-refractivity contribution < 1.29 is 40.3 Å². The molecule has 0 N–H and O–H groups in total. The van der Waals surface area contributed by atoms with E-state index in [0.717, 1.165) is 31.2 Å². The van der Waals surface area contributed by atoms with Gasteiger partial charge in [-0.15, -0.1) is 0 Å². The predicted molar refractivity (Wildman–Crippen MR) is 57.2 cm³/mol. The predicted octanol–water partition coefficient (Wildman–Crippen LogP) is 3.91. The Morgan fingerprint density at radius 3 is 1.81 bits per heavy atom. The third-order valence-corrected chi connectivity index (χ3v) is 2.43. The maximum Gasteiger partial charge on any atom is 0.423 e. The topological polar surface area (TPSA) is 26.3 Å². The van der Waals surface area contributed by atoms with Gasteiger partial charge in [-0.05, 0) is 31.2 Å². The van der Waals surface area contributed by atoms with E-state index in [-0.39, 0.29) is 5.56 Å². The summed E-state index contributed by atoms with van der Waals surface area (Å²) in [6.07, 6.45) is -17.5. The fraction of sp³-hybridized carbons (Fsp3) is 0.417. The van der Waals surface area contributed by atoms with Gasteiger partial charge in [0, 0.05) is 5.56 Å². The number of hydrogen-bond donors (Lipinski definition) is 0. The van der Waals surface area contributed by atoms with Crippen molar-refractivity contribution in [3.05, 3.63) is 35.6 Å². The van der Waals surface area contributed by atoms with Crippen LogP contribution in [-0.4, -0.2) is 30.3 Å². The Kier molecular flexibility index (Phi) is 4.98. The van der Waals surface area contributed by atoms with E-state index in [0.29, 0.717) is 0 Å². The lowest BCUT2D eigenvalue weighted by atomic mass is 10.1. The first-order chi connectivity index (χ1) is 9.43. The summed E-state index contributed by atoms with van der Waals surface area (Å²) in [4.78, 5) is 11.7. The Labute approximate surface area is 114 Å². The van der Waals surface area contributed by atoms with Crippen LogP contribution >= 0.6 is 0 Å².